The number of hydrogen-bond acceptors (Lipinski definition) is 5. The van der Waals surface area contributed by atoms with Gasteiger partial charge in [0, 0.05) is 18.0 Å². The number of aromatic nitrogens is 2. The fourth-order valence-electron chi connectivity index (χ4n) is 2.86. The first kappa shape index (κ1) is 18.1. The molecule has 1 aliphatic rings. The van der Waals surface area contributed by atoms with Crippen LogP contribution >= 0.6 is 0 Å². The van der Waals surface area contributed by atoms with Crippen molar-refractivity contribution in [1.29, 1.82) is 0 Å². The number of amides is 2. The third kappa shape index (κ3) is 5.16. The van der Waals surface area contributed by atoms with Crippen LogP contribution in [0.4, 0.5) is 10.5 Å². The molecule has 2 heterocycles. The zero-order chi connectivity index (χ0) is 18.4. The Balaban J connectivity index is 1.54. The van der Waals surface area contributed by atoms with Crippen molar-refractivity contribution in [2.45, 2.75) is 39.3 Å². The molecule has 2 amide bonds. The van der Waals surface area contributed by atoms with E-state index in [2.05, 4.69) is 20.6 Å². The van der Waals surface area contributed by atoms with Crippen LogP contribution in [0.2, 0.25) is 0 Å². The van der Waals surface area contributed by atoms with E-state index in [4.69, 9.17) is 9.47 Å². The van der Waals surface area contributed by atoms with Gasteiger partial charge >= 0.3 is 6.03 Å². The molecule has 0 saturated carbocycles. The maximum Gasteiger partial charge on any atom is 0.319 e. The lowest BCUT2D eigenvalue weighted by Gasteiger charge is -2.15. The van der Waals surface area contributed by atoms with Crippen molar-refractivity contribution in [2.24, 2.45) is 0 Å². The maximum absolute atomic E-state index is 12.2. The minimum atomic E-state index is -0.332. The van der Waals surface area contributed by atoms with E-state index in [0.29, 0.717) is 23.9 Å². The summed E-state index contributed by atoms with van der Waals surface area (Å²) in [5.74, 6) is 1.21. The molecule has 0 spiro atoms. The minimum absolute atomic E-state index is 0.124. The van der Waals surface area contributed by atoms with E-state index in [-0.39, 0.29) is 18.7 Å². The molecule has 3 rings (SSSR count). The molecule has 1 aliphatic heterocycles. The number of ether oxygens (including phenoxy) is 2. The molecule has 26 heavy (non-hydrogen) atoms. The zero-order valence-corrected chi connectivity index (χ0v) is 15.1. The number of benzene rings is 1. The lowest BCUT2D eigenvalue weighted by Crippen LogP contribution is -2.29. The molecule has 7 heteroatoms. The second-order valence-corrected chi connectivity index (χ2v) is 6.32. The van der Waals surface area contributed by atoms with Gasteiger partial charge in [-0.05, 0) is 44.9 Å². The molecule has 1 atom stereocenters. The number of carbonyl (C=O) groups is 1. The van der Waals surface area contributed by atoms with Gasteiger partial charge in [-0.3, -0.25) is 0 Å². The molecule has 0 aliphatic carbocycles. The van der Waals surface area contributed by atoms with E-state index >= 15 is 0 Å². The number of aryl methyl sites for hydroxylation is 2. The van der Waals surface area contributed by atoms with Crippen LogP contribution in [-0.4, -0.2) is 35.3 Å². The SMILES string of the molecule is Cc1cc(C)nc(CNC(=O)Nc2ccccc2OC[C@@H]2CCCO2)n1. The second kappa shape index (κ2) is 8.62. The highest BCUT2D eigenvalue weighted by atomic mass is 16.5. The van der Waals surface area contributed by atoms with Gasteiger partial charge in [0.15, 0.2) is 0 Å². The molecule has 1 aromatic heterocycles. The summed E-state index contributed by atoms with van der Waals surface area (Å²) < 4.78 is 11.4. The quantitative estimate of drug-likeness (QED) is 0.831. The Hall–Kier alpha value is -2.67. The molecule has 2 aromatic rings. The predicted octanol–water partition coefficient (Wildman–Crippen LogP) is 2.97. The summed E-state index contributed by atoms with van der Waals surface area (Å²) in [6, 6.07) is 8.92. The Labute approximate surface area is 153 Å². The minimum Gasteiger partial charge on any atom is -0.489 e. The first-order valence-corrected chi connectivity index (χ1v) is 8.79. The molecule has 2 N–H and O–H groups in total. The van der Waals surface area contributed by atoms with Gasteiger partial charge < -0.3 is 20.1 Å². The van der Waals surface area contributed by atoms with Crippen molar-refractivity contribution in [1.82, 2.24) is 15.3 Å². The van der Waals surface area contributed by atoms with Crippen LogP contribution in [0.3, 0.4) is 0 Å². The maximum atomic E-state index is 12.2. The summed E-state index contributed by atoms with van der Waals surface area (Å²) in [5, 5.41) is 5.58. The van der Waals surface area contributed by atoms with Crippen molar-refractivity contribution in [3.05, 3.63) is 47.5 Å². The first-order valence-electron chi connectivity index (χ1n) is 8.79. The number of carbonyl (C=O) groups excluding carboxylic acids is 1. The standard InChI is InChI=1S/C19H24N4O3/c1-13-10-14(2)22-18(21-13)11-20-19(24)23-16-7-3-4-8-17(16)26-12-15-6-5-9-25-15/h3-4,7-8,10,15H,5-6,9,11-12H2,1-2H3,(H2,20,23,24)/t15-/m0/s1. The molecule has 0 unspecified atom stereocenters. The largest absolute Gasteiger partial charge is 0.489 e. The topological polar surface area (TPSA) is 85.4 Å². The zero-order valence-electron chi connectivity index (χ0n) is 15.1. The van der Waals surface area contributed by atoms with Gasteiger partial charge in [0.25, 0.3) is 0 Å². The summed E-state index contributed by atoms with van der Waals surface area (Å²) in [6.07, 6.45) is 2.20. The molecule has 0 radical (unpaired) electrons. The summed E-state index contributed by atoms with van der Waals surface area (Å²) in [5.41, 5.74) is 2.37. The van der Waals surface area contributed by atoms with Gasteiger partial charge in [-0.2, -0.15) is 0 Å². The number of hydrogen-bond donors (Lipinski definition) is 2. The van der Waals surface area contributed by atoms with E-state index in [0.717, 1.165) is 30.8 Å². The molecular weight excluding hydrogens is 332 g/mol. The van der Waals surface area contributed by atoms with Crippen molar-refractivity contribution >= 4 is 11.7 Å². The van der Waals surface area contributed by atoms with E-state index < -0.39 is 0 Å². The number of nitrogens with zero attached hydrogens (tertiary/aromatic N) is 2. The average Bonchev–Trinajstić information content (AvgIpc) is 3.12. The smallest absolute Gasteiger partial charge is 0.319 e. The van der Waals surface area contributed by atoms with Gasteiger partial charge in [-0.25, -0.2) is 14.8 Å². The normalized spacial score (nSPS) is 16.3. The van der Waals surface area contributed by atoms with Crippen molar-refractivity contribution < 1.29 is 14.3 Å². The van der Waals surface area contributed by atoms with Crippen LogP contribution < -0.4 is 15.4 Å². The highest BCUT2D eigenvalue weighted by Crippen LogP contribution is 2.25. The fourth-order valence-corrected chi connectivity index (χ4v) is 2.86. The monoisotopic (exact) mass is 356 g/mol. The van der Waals surface area contributed by atoms with E-state index in [9.17, 15) is 4.79 Å². The third-order valence-electron chi connectivity index (χ3n) is 4.02. The summed E-state index contributed by atoms with van der Waals surface area (Å²) in [4.78, 5) is 20.8. The number of anilines is 1. The van der Waals surface area contributed by atoms with Gasteiger partial charge in [-0.15, -0.1) is 0 Å². The number of para-hydroxylation sites is 2. The average molecular weight is 356 g/mol. The number of urea groups is 1. The Morgan fingerprint density at radius 3 is 2.77 bits per heavy atom. The molecular formula is C19H24N4O3. The lowest BCUT2D eigenvalue weighted by molar-refractivity contribution is 0.0682. The van der Waals surface area contributed by atoms with E-state index in [1.165, 1.54) is 0 Å². The highest BCUT2D eigenvalue weighted by molar-refractivity contribution is 5.90. The Bertz CT molecular complexity index is 740. The van der Waals surface area contributed by atoms with Gasteiger partial charge in [-0.1, -0.05) is 12.1 Å². The van der Waals surface area contributed by atoms with Gasteiger partial charge in [0.2, 0.25) is 0 Å². The van der Waals surface area contributed by atoms with Crippen LogP contribution in [0.25, 0.3) is 0 Å². The highest BCUT2D eigenvalue weighted by Gasteiger charge is 2.17. The van der Waals surface area contributed by atoms with Crippen LogP contribution in [0.5, 0.6) is 5.75 Å². The first-order chi connectivity index (χ1) is 12.6. The van der Waals surface area contributed by atoms with Crippen molar-refractivity contribution in [3.63, 3.8) is 0 Å². The Morgan fingerprint density at radius 2 is 2.04 bits per heavy atom. The second-order valence-electron chi connectivity index (χ2n) is 6.32. The predicted molar refractivity (Wildman–Crippen MR) is 98.3 cm³/mol. The van der Waals surface area contributed by atoms with Gasteiger partial charge in [0.1, 0.15) is 18.2 Å². The van der Waals surface area contributed by atoms with Crippen LogP contribution in [-0.2, 0) is 11.3 Å². The third-order valence-corrected chi connectivity index (χ3v) is 4.02. The van der Waals surface area contributed by atoms with Crippen LogP contribution in [0.1, 0.15) is 30.1 Å². The van der Waals surface area contributed by atoms with E-state index in [1.54, 1.807) is 6.07 Å². The van der Waals surface area contributed by atoms with Crippen LogP contribution in [0.15, 0.2) is 30.3 Å². The Morgan fingerprint density at radius 1 is 1.27 bits per heavy atom. The van der Waals surface area contributed by atoms with Crippen LogP contribution in [0, 0.1) is 13.8 Å². The van der Waals surface area contributed by atoms with Gasteiger partial charge in [0.05, 0.1) is 18.3 Å². The van der Waals surface area contributed by atoms with Crippen molar-refractivity contribution in [3.8, 4) is 5.75 Å². The summed E-state index contributed by atoms with van der Waals surface area (Å²) in [7, 11) is 0. The molecule has 138 valence electrons. The molecule has 0 bridgehead atoms. The number of rotatable bonds is 6. The molecule has 1 aromatic carbocycles. The summed E-state index contributed by atoms with van der Waals surface area (Å²) >= 11 is 0. The summed E-state index contributed by atoms with van der Waals surface area (Å²) in [6.45, 7) is 5.33. The molecule has 1 fully saturated rings. The van der Waals surface area contributed by atoms with E-state index in [1.807, 2.05) is 38.1 Å². The van der Waals surface area contributed by atoms with Crippen molar-refractivity contribution in [2.75, 3.05) is 18.5 Å². The number of nitrogens with one attached hydrogen (secondary N) is 2. The fraction of sp³-hybridized carbons (Fsp3) is 0.421. The lowest BCUT2D eigenvalue weighted by atomic mass is 10.2. The molecule has 7 nitrogen and oxygen atoms in total. The Kier molecular flexibility index (Phi) is 6.01. The molecule has 1 saturated heterocycles.